The Balaban J connectivity index is 4.23. The molecule has 0 rings (SSSR count). The van der Waals surface area contributed by atoms with Gasteiger partial charge in [0, 0.05) is 19.3 Å². The van der Waals surface area contributed by atoms with Crippen molar-refractivity contribution in [2.24, 2.45) is 0 Å². The summed E-state index contributed by atoms with van der Waals surface area (Å²) in [6, 6.07) is -0.620. The molecule has 0 spiro atoms. The number of nitrogens with zero attached hydrogens (tertiary/aromatic N) is 1. The molecule has 1 N–H and O–H groups in total. The fourth-order valence-corrected chi connectivity index (χ4v) is 8.00. The third kappa shape index (κ3) is 46.2. The van der Waals surface area contributed by atoms with Crippen molar-refractivity contribution in [2.75, 3.05) is 41.0 Å². The molecular formula is C58H104NO7+. The third-order valence-corrected chi connectivity index (χ3v) is 12.2. The van der Waals surface area contributed by atoms with Crippen LogP contribution < -0.4 is 0 Å². The summed E-state index contributed by atoms with van der Waals surface area (Å²) in [7, 11) is 5.53. The summed E-state index contributed by atoms with van der Waals surface area (Å²) >= 11 is 0. The number of unbranched alkanes of at least 4 members (excludes halogenated alkanes) is 25. The second-order valence-corrected chi connectivity index (χ2v) is 19.5. The van der Waals surface area contributed by atoms with E-state index in [4.69, 9.17) is 14.2 Å². The lowest BCUT2D eigenvalue weighted by Gasteiger charge is -2.31. The van der Waals surface area contributed by atoms with Crippen LogP contribution in [0.4, 0.5) is 0 Å². The van der Waals surface area contributed by atoms with Crippen LogP contribution in [0.3, 0.4) is 0 Å². The quantitative estimate of drug-likeness (QED) is 0.0281. The minimum atomic E-state index is -0.877. The number of carbonyl (C=O) groups is 3. The molecule has 0 aliphatic heterocycles. The first-order valence-electron chi connectivity index (χ1n) is 27.3. The summed E-state index contributed by atoms with van der Waals surface area (Å²) in [6.45, 7) is 4.63. The highest BCUT2D eigenvalue weighted by Crippen LogP contribution is 2.17. The summed E-state index contributed by atoms with van der Waals surface area (Å²) in [5.41, 5.74) is 0. The molecule has 8 nitrogen and oxygen atoms in total. The van der Waals surface area contributed by atoms with E-state index < -0.39 is 18.1 Å². The first kappa shape index (κ1) is 63.0. The molecule has 0 radical (unpaired) electrons. The van der Waals surface area contributed by atoms with Gasteiger partial charge in [0.1, 0.15) is 6.61 Å². The van der Waals surface area contributed by atoms with Crippen LogP contribution in [0.15, 0.2) is 60.8 Å². The van der Waals surface area contributed by atoms with Gasteiger partial charge in [-0.05, 0) is 57.8 Å². The summed E-state index contributed by atoms with van der Waals surface area (Å²) < 4.78 is 17.4. The van der Waals surface area contributed by atoms with Crippen LogP contribution in [0.1, 0.15) is 239 Å². The molecule has 0 aliphatic rings. The van der Waals surface area contributed by atoms with Crippen molar-refractivity contribution in [3.8, 4) is 0 Å². The van der Waals surface area contributed by atoms with Gasteiger partial charge in [-0.15, -0.1) is 0 Å². The van der Waals surface area contributed by atoms with E-state index in [9.17, 15) is 19.5 Å². The number of carboxylic acid groups (broad SMARTS) is 1. The second-order valence-electron chi connectivity index (χ2n) is 19.5. The molecule has 0 aromatic rings. The van der Waals surface area contributed by atoms with Gasteiger partial charge in [0.25, 0.3) is 0 Å². The van der Waals surface area contributed by atoms with Gasteiger partial charge in [-0.3, -0.25) is 9.59 Å². The van der Waals surface area contributed by atoms with Crippen molar-refractivity contribution < 1.29 is 38.2 Å². The maximum Gasteiger partial charge on any atom is 0.362 e. The number of esters is 2. The molecule has 2 unspecified atom stereocenters. The summed E-state index contributed by atoms with van der Waals surface area (Å²) in [5.74, 6) is -1.49. The fraction of sp³-hybridized carbons (Fsp3) is 0.776. The van der Waals surface area contributed by atoms with Crippen molar-refractivity contribution in [1.29, 1.82) is 0 Å². The molecule has 0 aromatic carbocycles. The zero-order chi connectivity index (χ0) is 48.4. The average Bonchev–Trinajstić information content (AvgIpc) is 3.28. The molecule has 0 saturated heterocycles. The maximum absolute atomic E-state index is 12.8. The molecule has 66 heavy (non-hydrogen) atoms. The van der Waals surface area contributed by atoms with Gasteiger partial charge < -0.3 is 23.8 Å². The predicted molar refractivity (Wildman–Crippen MR) is 280 cm³/mol. The molecule has 382 valence electrons. The maximum atomic E-state index is 12.8. The van der Waals surface area contributed by atoms with Crippen LogP contribution in [0.5, 0.6) is 0 Å². The van der Waals surface area contributed by atoms with E-state index in [-0.39, 0.29) is 36.2 Å². The van der Waals surface area contributed by atoms with E-state index in [2.05, 4.69) is 74.6 Å². The lowest BCUT2D eigenvalue weighted by molar-refractivity contribution is -0.887. The van der Waals surface area contributed by atoms with Gasteiger partial charge in [-0.2, -0.15) is 0 Å². The molecule has 2 atom stereocenters. The SMILES string of the molecule is CC/C=C/C/C=C/C/C=C/C/C=C/C/C=C/CCCCCCC(=O)OCC(COCCC(C(=O)O)[N+](C)(C)C)OC(=O)CCCCCCCCCCCCCCCCCCCCCCCC. The highest BCUT2D eigenvalue weighted by molar-refractivity contribution is 5.72. The summed E-state index contributed by atoms with van der Waals surface area (Å²) in [6.07, 6.45) is 61.4. The minimum absolute atomic E-state index is 0.0532. The van der Waals surface area contributed by atoms with Crippen molar-refractivity contribution >= 4 is 17.9 Å². The second kappa shape index (κ2) is 48.5. The van der Waals surface area contributed by atoms with Crippen LogP contribution in [0.2, 0.25) is 0 Å². The molecule has 0 saturated carbocycles. The van der Waals surface area contributed by atoms with Gasteiger partial charge in [0.2, 0.25) is 0 Å². The highest BCUT2D eigenvalue weighted by Gasteiger charge is 2.31. The number of carboxylic acids is 1. The van der Waals surface area contributed by atoms with Crippen molar-refractivity contribution in [3.05, 3.63) is 60.8 Å². The standard InChI is InChI=1S/C58H103NO7/c1-6-8-10-12-14-16-18-20-22-24-26-28-29-31-33-35-37-39-41-43-45-47-49-57(61)66-54(52-64-51-50-55(58(62)63)59(3,4)5)53-65-56(60)48-46-44-42-40-38-36-34-32-30-27-25-23-21-19-17-15-13-11-9-7-2/h9,11,15,17,21,23,27,30,34,36,54-55H,6-8,10,12-14,16,18-20,22,24-26,28-29,31-33,35,37-53H2,1-5H3/p+1/b11-9+,17-15+,23-21+,30-27+,36-34+. The van der Waals surface area contributed by atoms with Gasteiger partial charge in [0.15, 0.2) is 12.1 Å². The predicted octanol–water partition coefficient (Wildman–Crippen LogP) is 16.1. The lowest BCUT2D eigenvalue weighted by atomic mass is 10.0. The van der Waals surface area contributed by atoms with E-state index in [0.29, 0.717) is 19.3 Å². The largest absolute Gasteiger partial charge is 0.477 e. The van der Waals surface area contributed by atoms with E-state index in [1.807, 2.05) is 21.1 Å². The Morgan fingerprint density at radius 1 is 0.470 bits per heavy atom. The van der Waals surface area contributed by atoms with Crippen LogP contribution in [-0.2, 0) is 28.6 Å². The minimum Gasteiger partial charge on any atom is -0.477 e. The Kier molecular flexibility index (Phi) is 46.3. The Morgan fingerprint density at radius 2 is 0.848 bits per heavy atom. The first-order valence-corrected chi connectivity index (χ1v) is 27.3. The van der Waals surface area contributed by atoms with E-state index >= 15 is 0 Å². The molecule has 0 amide bonds. The van der Waals surface area contributed by atoms with E-state index in [1.165, 1.54) is 122 Å². The van der Waals surface area contributed by atoms with Crippen LogP contribution in [0, 0.1) is 0 Å². The number of hydrogen-bond acceptors (Lipinski definition) is 6. The number of carbonyl (C=O) groups excluding carboxylic acids is 2. The smallest absolute Gasteiger partial charge is 0.362 e. The normalized spacial score (nSPS) is 13.3. The number of hydrogen-bond donors (Lipinski definition) is 1. The van der Waals surface area contributed by atoms with Gasteiger partial charge in [0.05, 0.1) is 34.4 Å². The van der Waals surface area contributed by atoms with E-state index in [0.717, 1.165) is 83.5 Å². The third-order valence-electron chi connectivity index (χ3n) is 12.2. The van der Waals surface area contributed by atoms with Gasteiger partial charge in [-0.1, -0.05) is 222 Å². The number of quaternary nitrogens is 1. The van der Waals surface area contributed by atoms with Crippen molar-refractivity contribution in [3.63, 3.8) is 0 Å². The summed E-state index contributed by atoms with van der Waals surface area (Å²) in [4.78, 5) is 37.2. The van der Waals surface area contributed by atoms with Crippen molar-refractivity contribution in [1.82, 2.24) is 0 Å². The lowest BCUT2D eigenvalue weighted by Crippen LogP contribution is -2.50. The molecule has 0 aliphatic carbocycles. The number of aliphatic carboxylic acids is 1. The Bertz CT molecular complexity index is 1260. The van der Waals surface area contributed by atoms with Crippen LogP contribution >= 0.6 is 0 Å². The number of ether oxygens (including phenoxy) is 3. The van der Waals surface area contributed by atoms with Crippen LogP contribution in [0.25, 0.3) is 0 Å². The molecule has 0 aromatic heterocycles. The highest BCUT2D eigenvalue weighted by atomic mass is 16.6. The van der Waals surface area contributed by atoms with Crippen molar-refractivity contribution in [2.45, 2.75) is 251 Å². The van der Waals surface area contributed by atoms with E-state index in [1.54, 1.807) is 0 Å². The monoisotopic (exact) mass is 927 g/mol. The molecule has 0 fully saturated rings. The molecular weight excluding hydrogens is 823 g/mol. The number of allylic oxidation sites excluding steroid dienone is 10. The van der Waals surface area contributed by atoms with Gasteiger partial charge >= 0.3 is 17.9 Å². The first-order chi connectivity index (χ1) is 32.1. The Morgan fingerprint density at radius 3 is 1.26 bits per heavy atom. The molecule has 0 heterocycles. The summed E-state index contributed by atoms with van der Waals surface area (Å²) in [5, 5.41) is 9.67. The number of likely N-dealkylation sites (N-methyl/N-ethyl adjacent to an activating group) is 1. The Hall–Kier alpha value is -2.97. The molecule has 8 heteroatoms. The fourth-order valence-electron chi connectivity index (χ4n) is 8.00. The van der Waals surface area contributed by atoms with Gasteiger partial charge in [-0.25, -0.2) is 4.79 Å². The topological polar surface area (TPSA) is 99.1 Å². The molecule has 0 bridgehead atoms. The Labute approximate surface area is 407 Å². The van der Waals surface area contributed by atoms with Crippen LogP contribution in [-0.4, -0.2) is 80.6 Å². The zero-order valence-electron chi connectivity index (χ0n) is 43.6. The zero-order valence-corrected chi connectivity index (χ0v) is 43.6. The average molecular weight is 927 g/mol. The number of rotatable bonds is 49.